The van der Waals surface area contributed by atoms with Crippen molar-refractivity contribution in [3.05, 3.63) is 65.2 Å². The molecule has 212 valence electrons. The van der Waals surface area contributed by atoms with Crippen LogP contribution in [0.4, 0.5) is 5.95 Å². The van der Waals surface area contributed by atoms with Gasteiger partial charge in [0.05, 0.1) is 24.4 Å². The van der Waals surface area contributed by atoms with Gasteiger partial charge < -0.3 is 19.7 Å². The Hall–Kier alpha value is -3.14. The third-order valence-electron chi connectivity index (χ3n) is 7.16. The van der Waals surface area contributed by atoms with Gasteiger partial charge in [-0.25, -0.2) is 4.98 Å². The van der Waals surface area contributed by atoms with E-state index in [0.29, 0.717) is 43.7 Å². The zero-order valence-electron chi connectivity index (χ0n) is 24.0. The summed E-state index contributed by atoms with van der Waals surface area (Å²) in [4.78, 5) is 26.5. The van der Waals surface area contributed by atoms with Gasteiger partial charge >= 0.3 is 0 Å². The number of ether oxygens (including phenoxy) is 2. The first-order chi connectivity index (χ1) is 19.2. The molecule has 1 fully saturated rings. The molecule has 5 rings (SSSR count). The second kappa shape index (κ2) is 12.2. The van der Waals surface area contributed by atoms with Crippen molar-refractivity contribution in [2.24, 2.45) is 5.41 Å². The summed E-state index contributed by atoms with van der Waals surface area (Å²) in [7, 11) is 0. The van der Waals surface area contributed by atoms with E-state index in [4.69, 9.17) is 19.4 Å². The minimum Gasteiger partial charge on any atom is -0.475 e. The fourth-order valence-corrected chi connectivity index (χ4v) is 5.99. The van der Waals surface area contributed by atoms with Crippen molar-refractivity contribution < 1.29 is 14.3 Å². The number of anilines is 1. The Balaban J connectivity index is 1.57. The fraction of sp³-hybridized carbons (Fsp3) is 0.452. The van der Waals surface area contributed by atoms with Crippen LogP contribution in [-0.2, 0) is 4.74 Å². The molecule has 0 aliphatic carbocycles. The standard InChI is InChI=1S/C31H39N5O3S/c1-20-8-6-9-21(2)28(20)26-15-27-34-30(33-26)35-40-25-11-7-10-22(14-25)29(37)36(18-24-17-32-12-13-38-24)23(19-39-27)16-31(3,4)5/h6-11,14-15,23-24,32H,12-13,16-19H2,1-5H3,(H,33,34,35). The van der Waals surface area contributed by atoms with E-state index < -0.39 is 0 Å². The highest BCUT2D eigenvalue weighted by Gasteiger charge is 2.32. The summed E-state index contributed by atoms with van der Waals surface area (Å²) in [5.41, 5.74) is 4.74. The average Bonchev–Trinajstić information content (AvgIpc) is 2.92. The molecule has 2 aromatic carbocycles. The molecule has 40 heavy (non-hydrogen) atoms. The number of fused-ring (bicyclic) bond motifs is 4. The van der Waals surface area contributed by atoms with E-state index in [1.807, 2.05) is 35.2 Å². The number of amides is 1. The third-order valence-corrected chi connectivity index (χ3v) is 7.93. The SMILES string of the molecule is Cc1cccc(C)c1-c1cc2nc(n1)NSc1cccc(c1)C(=O)N(CC1CNCCO1)C(CC(C)(C)C)CO2. The van der Waals surface area contributed by atoms with E-state index in [1.165, 1.54) is 11.9 Å². The topological polar surface area (TPSA) is 88.6 Å². The average molecular weight is 562 g/mol. The molecule has 3 heterocycles. The molecule has 2 aliphatic heterocycles. The summed E-state index contributed by atoms with van der Waals surface area (Å²) < 4.78 is 15.8. The number of aryl methyl sites for hydroxylation is 2. The number of aromatic nitrogens is 2. The van der Waals surface area contributed by atoms with Crippen LogP contribution in [-0.4, -0.2) is 65.8 Å². The monoisotopic (exact) mass is 561 g/mol. The van der Waals surface area contributed by atoms with Crippen LogP contribution in [0.1, 0.15) is 48.7 Å². The quantitative estimate of drug-likeness (QED) is 0.404. The van der Waals surface area contributed by atoms with Crippen molar-refractivity contribution in [2.45, 2.75) is 58.1 Å². The molecular formula is C31H39N5O3S. The van der Waals surface area contributed by atoms with Gasteiger partial charge in [-0.05, 0) is 67.0 Å². The molecule has 3 aromatic rings. The Bertz CT molecular complexity index is 1330. The van der Waals surface area contributed by atoms with Crippen LogP contribution in [0.3, 0.4) is 0 Å². The van der Waals surface area contributed by atoms with Crippen LogP contribution >= 0.6 is 11.9 Å². The molecule has 2 unspecified atom stereocenters. The van der Waals surface area contributed by atoms with E-state index in [-0.39, 0.29) is 23.5 Å². The van der Waals surface area contributed by atoms with Gasteiger partial charge in [0, 0.05) is 41.7 Å². The second-order valence-corrected chi connectivity index (χ2v) is 12.7. The lowest BCUT2D eigenvalue weighted by Gasteiger charge is -2.38. The molecule has 8 nitrogen and oxygen atoms in total. The molecule has 0 radical (unpaired) electrons. The number of nitrogens with one attached hydrogen (secondary N) is 2. The van der Waals surface area contributed by atoms with Crippen LogP contribution in [0, 0.1) is 19.3 Å². The third kappa shape index (κ3) is 6.95. The molecule has 0 saturated carbocycles. The molecule has 1 amide bonds. The maximum Gasteiger partial charge on any atom is 0.254 e. The Morgan fingerprint density at radius 2 is 1.85 bits per heavy atom. The number of nitrogens with zero attached hydrogens (tertiary/aromatic N) is 3. The zero-order valence-corrected chi connectivity index (χ0v) is 24.8. The summed E-state index contributed by atoms with van der Waals surface area (Å²) in [6.07, 6.45) is 0.671. The van der Waals surface area contributed by atoms with Crippen LogP contribution in [0.25, 0.3) is 11.3 Å². The number of hydrogen-bond donors (Lipinski definition) is 2. The number of carbonyl (C=O) groups excluding carboxylic acids is 1. The van der Waals surface area contributed by atoms with Crippen LogP contribution in [0.15, 0.2) is 53.4 Å². The normalized spacial score (nSPS) is 20.0. The Kier molecular flexibility index (Phi) is 8.63. The minimum absolute atomic E-state index is 0.0252. The maximum absolute atomic E-state index is 14.1. The molecule has 1 saturated heterocycles. The fourth-order valence-electron chi connectivity index (χ4n) is 5.36. The molecule has 9 heteroatoms. The van der Waals surface area contributed by atoms with E-state index in [9.17, 15) is 4.79 Å². The van der Waals surface area contributed by atoms with Gasteiger partial charge in [0.25, 0.3) is 5.91 Å². The van der Waals surface area contributed by atoms with Gasteiger partial charge in [0.15, 0.2) is 0 Å². The smallest absolute Gasteiger partial charge is 0.254 e. The maximum atomic E-state index is 14.1. The van der Waals surface area contributed by atoms with Crippen molar-refractivity contribution in [1.82, 2.24) is 20.2 Å². The largest absolute Gasteiger partial charge is 0.475 e. The Labute approximate surface area is 241 Å². The van der Waals surface area contributed by atoms with E-state index in [1.54, 1.807) is 0 Å². The lowest BCUT2D eigenvalue weighted by Crippen LogP contribution is -2.52. The van der Waals surface area contributed by atoms with Crippen LogP contribution in [0.5, 0.6) is 5.88 Å². The minimum atomic E-state index is -0.190. The molecule has 2 atom stereocenters. The zero-order chi connectivity index (χ0) is 28.3. The highest BCUT2D eigenvalue weighted by atomic mass is 32.2. The predicted molar refractivity (Wildman–Crippen MR) is 160 cm³/mol. The number of rotatable bonds is 4. The molecule has 2 aliphatic rings. The van der Waals surface area contributed by atoms with Crippen molar-refractivity contribution in [3.8, 4) is 17.1 Å². The van der Waals surface area contributed by atoms with Crippen LogP contribution in [0.2, 0.25) is 0 Å². The van der Waals surface area contributed by atoms with Gasteiger partial charge in [-0.3, -0.25) is 9.52 Å². The van der Waals surface area contributed by atoms with Gasteiger partial charge in [-0.2, -0.15) is 4.98 Å². The Morgan fingerprint density at radius 3 is 2.58 bits per heavy atom. The first-order valence-corrected chi connectivity index (χ1v) is 14.7. The molecular weight excluding hydrogens is 522 g/mol. The van der Waals surface area contributed by atoms with E-state index in [0.717, 1.165) is 40.2 Å². The molecule has 1 aromatic heterocycles. The number of benzene rings is 2. The first kappa shape index (κ1) is 28.4. The van der Waals surface area contributed by atoms with E-state index >= 15 is 0 Å². The Morgan fingerprint density at radius 1 is 1.07 bits per heavy atom. The van der Waals surface area contributed by atoms with Crippen molar-refractivity contribution in [3.63, 3.8) is 0 Å². The van der Waals surface area contributed by atoms with Crippen LogP contribution < -0.4 is 14.8 Å². The molecule has 0 spiro atoms. The second-order valence-electron chi connectivity index (χ2n) is 11.8. The first-order valence-electron chi connectivity index (χ1n) is 13.9. The summed E-state index contributed by atoms with van der Waals surface area (Å²) in [6.45, 7) is 13.7. The molecule has 2 N–H and O–H groups in total. The highest BCUT2D eigenvalue weighted by molar-refractivity contribution is 8.00. The number of carbonyl (C=O) groups is 1. The van der Waals surface area contributed by atoms with Crippen molar-refractivity contribution >= 4 is 23.8 Å². The van der Waals surface area contributed by atoms with Gasteiger partial charge in [-0.15, -0.1) is 0 Å². The van der Waals surface area contributed by atoms with E-state index in [2.05, 4.69) is 62.9 Å². The van der Waals surface area contributed by atoms with Crippen molar-refractivity contribution in [2.75, 3.05) is 37.6 Å². The number of hydrogen-bond acceptors (Lipinski definition) is 8. The summed E-state index contributed by atoms with van der Waals surface area (Å²) in [5, 5.41) is 3.40. The lowest BCUT2D eigenvalue weighted by atomic mass is 9.87. The van der Waals surface area contributed by atoms with Gasteiger partial charge in [0.2, 0.25) is 11.8 Å². The van der Waals surface area contributed by atoms with Gasteiger partial charge in [0.1, 0.15) is 6.61 Å². The highest BCUT2D eigenvalue weighted by Crippen LogP contribution is 2.32. The van der Waals surface area contributed by atoms with Gasteiger partial charge in [-0.1, -0.05) is 45.0 Å². The lowest BCUT2D eigenvalue weighted by molar-refractivity contribution is -0.00905. The predicted octanol–water partition coefficient (Wildman–Crippen LogP) is 5.51. The number of morpholine rings is 1. The summed E-state index contributed by atoms with van der Waals surface area (Å²) in [6, 6.07) is 15.6. The van der Waals surface area contributed by atoms with Crippen molar-refractivity contribution in [1.29, 1.82) is 0 Å². The summed E-state index contributed by atoms with van der Waals surface area (Å²) in [5.74, 6) is 0.911. The molecule has 4 bridgehead atoms. The summed E-state index contributed by atoms with van der Waals surface area (Å²) >= 11 is 1.38.